The SMILES string of the molecule is CCc1cc(CNC(=C2CC2)c2cc(C(=O)NC3CCc4cc(C5=NNNN5)ccc43)n3ncc(C(=O)NC4=CC=CCC4)c3n2)ccc1C. The van der Waals surface area contributed by atoms with Crippen molar-refractivity contribution in [1.29, 1.82) is 0 Å². The van der Waals surface area contributed by atoms with Gasteiger partial charge in [-0.25, -0.2) is 15.0 Å². The fourth-order valence-corrected chi connectivity index (χ4v) is 6.93. The van der Waals surface area contributed by atoms with Crippen LogP contribution in [0.25, 0.3) is 11.3 Å². The summed E-state index contributed by atoms with van der Waals surface area (Å²) in [6, 6.07) is 14.3. The summed E-state index contributed by atoms with van der Waals surface area (Å²) in [5.74, 6) is 0.131. The van der Waals surface area contributed by atoms with Crippen molar-refractivity contribution in [3.63, 3.8) is 0 Å². The molecule has 8 rings (SSSR count). The van der Waals surface area contributed by atoms with Gasteiger partial charge < -0.3 is 16.0 Å². The van der Waals surface area contributed by atoms with Crippen LogP contribution in [0.4, 0.5) is 0 Å². The Kier molecular flexibility index (Phi) is 8.37. The van der Waals surface area contributed by atoms with Gasteiger partial charge in [0.25, 0.3) is 11.8 Å². The third-order valence-electron chi connectivity index (χ3n) is 9.81. The summed E-state index contributed by atoms with van der Waals surface area (Å²) >= 11 is 0. The van der Waals surface area contributed by atoms with Crippen molar-refractivity contribution in [2.24, 2.45) is 5.10 Å². The number of hydrazine groups is 2. The molecule has 0 bridgehead atoms. The number of nitrogens with one attached hydrogen (secondary N) is 6. The molecule has 0 spiro atoms. The number of hydrogen-bond donors (Lipinski definition) is 6. The number of hydrogen-bond acceptors (Lipinski definition) is 9. The van der Waals surface area contributed by atoms with E-state index >= 15 is 0 Å². The highest BCUT2D eigenvalue weighted by Gasteiger charge is 2.29. The van der Waals surface area contributed by atoms with E-state index in [4.69, 9.17) is 4.98 Å². The summed E-state index contributed by atoms with van der Waals surface area (Å²) in [7, 11) is 0. The Bertz CT molecular complexity index is 2150. The van der Waals surface area contributed by atoms with Crippen molar-refractivity contribution in [2.75, 3.05) is 0 Å². The second-order valence-electron chi connectivity index (χ2n) is 13.2. The molecule has 2 aromatic heterocycles. The molecule has 4 aliphatic rings. The molecule has 1 fully saturated rings. The van der Waals surface area contributed by atoms with Gasteiger partial charge in [-0.2, -0.15) is 5.10 Å². The van der Waals surface area contributed by atoms with Crippen molar-refractivity contribution >= 4 is 29.0 Å². The number of allylic oxidation sites excluding steroid dienone is 5. The van der Waals surface area contributed by atoms with Gasteiger partial charge >= 0.3 is 0 Å². The number of carbonyl (C=O) groups excluding carboxylic acids is 2. The molecule has 50 heavy (non-hydrogen) atoms. The molecule has 12 heteroatoms. The number of amidine groups is 1. The zero-order valence-corrected chi connectivity index (χ0v) is 28.2. The summed E-state index contributed by atoms with van der Waals surface area (Å²) in [6.07, 6.45) is 13.5. The Morgan fingerprint density at radius 2 is 1.94 bits per heavy atom. The molecule has 1 atom stereocenters. The highest BCUT2D eigenvalue weighted by Crippen LogP contribution is 2.36. The zero-order chi connectivity index (χ0) is 34.2. The second-order valence-corrected chi connectivity index (χ2v) is 13.2. The van der Waals surface area contributed by atoms with Crippen LogP contribution < -0.4 is 32.4 Å². The van der Waals surface area contributed by atoms with Crippen LogP contribution in [0.15, 0.2) is 83.3 Å². The van der Waals surface area contributed by atoms with Gasteiger partial charge in [0.2, 0.25) is 0 Å². The molecule has 1 unspecified atom stereocenters. The third-order valence-corrected chi connectivity index (χ3v) is 9.81. The molecule has 3 heterocycles. The molecule has 6 N–H and O–H groups in total. The van der Waals surface area contributed by atoms with Crippen LogP contribution in [-0.4, -0.2) is 32.2 Å². The molecule has 0 radical (unpaired) electrons. The lowest BCUT2D eigenvalue weighted by Gasteiger charge is -2.17. The first-order valence-corrected chi connectivity index (χ1v) is 17.3. The van der Waals surface area contributed by atoms with Gasteiger partial charge in [0.15, 0.2) is 11.5 Å². The Morgan fingerprint density at radius 3 is 2.72 bits per heavy atom. The first-order chi connectivity index (χ1) is 24.4. The van der Waals surface area contributed by atoms with E-state index in [2.05, 4.69) is 92.9 Å². The molecule has 1 saturated carbocycles. The van der Waals surface area contributed by atoms with Gasteiger partial charge in [-0.05, 0) is 103 Å². The lowest BCUT2D eigenvalue weighted by Crippen LogP contribution is -2.35. The average Bonchev–Trinajstić information content (AvgIpc) is 3.48. The van der Waals surface area contributed by atoms with Crippen molar-refractivity contribution in [3.8, 4) is 0 Å². The maximum Gasteiger partial charge on any atom is 0.270 e. The largest absolute Gasteiger partial charge is 0.379 e. The van der Waals surface area contributed by atoms with E-state index in [9.17, 15) is 9.59 Å². The first-order valence-electron chi connectivity index (χ1n) is 17.3. The molecule has 1 aliphatic heterocycles. The minimum Gasteiger partial charge on any atom is -0.379 e. The van der Waals surface area contributed by atoms with Crippen LogP contribution in [-0.2, 0) is 19.4 Å². The second kappa shape index (κ2) is 13.3. The fourth-order valence-electron chi connectivity index (χ4n) is 6.93. The van der Waals surface area contributed by atoms with E-state index in [1.807, 2.05) is 18.2 Å². The van der Waals surface area contributed by atoms with E-state index < -0.39 is 0 Å². The van der Waals surface area contributed by atoms with Gasteiger partial charge in [-0.1, -0.05) is 49.4 Å². The van der Waals surface area contributed by atoms with Gasteiger partial charge in [0.1, 0.15) is 11.3 Å². The summed E-state index contributed by atoms with van der Waals surface area (Å²) in [5.41, 5.74) is 20.0. The van der Waals surface area contributed by atoms with E-state index in [1.165, 1.54) is 38.5 Å². The van der Waals surface area contributed by atoms with Crippen LogP contribution in [0.2, 0.25) is 0 Å². The van der Waals surface area contributed by atoms with Crippen LogP contribution in [0.1, 0.15) is 105 Å². The highest BCUT2D eigenvalue weighted by molar-refractivity contribution is 6.02. The van der Waals surface area contributed by atoms with Crippen LogP contribution in [0, 0.1) is 6.92 Å². The normalized spacial score (nSPS) is 17.4. The lowest BCUT2D eigenvalue weighted by molar-refractivity contribution is 0.0926. The Hall–Kier alpha value is -5.75. The zero-order valence-electron chi connectivity index (χ0n) is 28.2. The predicted octanol–water partition coefficient (Wildman–Crippen LogP) is 4.55. The molecule has 12 nitrogen and oxygen atoms in total. The molecular formula is C38H40N10O2. The summed E-state index contributed by atoms with van der Waals surface area (Å²) < 4.78 is 1.49. The minimum absolute atomic E-state index is 0.175. The van der Waals surface area contributed by atoms with Gasteiger partial charge in [0.05, 0.1) is 23.6 Å². The van der Waals surface area contributed by atoms with Crippen LogP contribution in [0.3, 0.4) is 0 Å². The van der Waals surface area contributed by atoms with Crippen LogP contribution >= 0.6 is 0 Å². The van der Waals surface area contributed by atoms with Crippen molar-refractivity contribution in [2.45, 2.75) is 71.4 Å². The maximum atomic E-state index is 14.2. The Balaban J connectivity index is 1.13. The summed E-state index contributed by atoms with van der Waals surface area (Å²) in [5, 5.41) is 18.7. The third kappa shape index (κ3) is 6.25. The molecule has 2 amide bonds. The number of aryl methyl sites for hydroxylation is 3. The van der Waals surface area contributed by atoms with Crippen molar-refractivity contribution in [3.05, 3.63) is 128 Å². The topological polar surface area (TPSA) is 149 Å². The van der Waals surface area contributed by atoms with Gasteiger partial charge in [-0.3, -0.25) is 15.0 Å². The standard InChI is InChI=1S/C38H40N10O2/c1-3-24-17-23(10-9-22(24)2)20-39-34(25-11-12-25)32-19-33(48-36(42-32)30(21-40-48)37(49)41-28-7-5-4-6-8-28)38(50)43-31-16-14-26-18-27(13-15-29(26)31)35-44-46-47-45-35/h4-5,7,9-10,13,15,17-19,21,31,39,46-47H,3,6,8,11-12,14,16,20H2,1-2H3,(H,41,49)(H,43,50)(H,44,45). The number of benzene rings is 2. The Labute approximate surface area is 290 Å². The van der Waals surface area contributed by atoms with E-state index in [1.54, 1.807) is 6.07 Å². The summed E-state index contributed by atoms with van der Waals surface area (Å²) in [4.78, 5) is 32.9. The molecule has 254 valence electrons. The predicted molar refractivity (Wildman–Crippen MR) is 191 cm³/mol. The number of fused-ring (bicyclic) bond motifs is 2. The minimum atomic E-state index is -0.301. The van der Waals surface area contributed by atoms with E-state index in [0.717, 1.165) is 67.5 Å². The lowest BCUT2D eigenvalue weighted by atomic mass is 10.0. The monoisotopic (exact) mass is 668 g/mol. The van der Waals surface area contributed by atoms with Gasteiger partial charge in [-0.15, -0.1) is 10.6 Å². The van der Waals surface area contributed by atoms with Gasteiger partial charge in [0, 0.05) is 17.8 Å². The number of rotatable bonds is 10. The number of hydrazone groups is 1. The Morgan fingerprint density at radius 1 is 1.04 bits per heavy atom. The molecule has 0 saturated heterocycles. The summed E-state index contributed by atoms with van der Waals surface area (Å²) in [6.45, 7) is 4.92. The number of nitrogens with zero attached hydrogens (tertiary/aromatic N) is 4. The van der Waals surface area contributed by atoms with E-state index in [-0.39, 0.29) is 17.9 Å². The van der Waals surface area contributed by atoms with Crippen LogP contribution in [0.5, 0.6) is 0 Å². The molecule has 2 aromatic carbocycles. The highest BCUT2D eigenvalue weighted by atomic mass is 16.2. The quantitative estimate of drug-likeness (QED) is 0.144. The number of amides is 2. The van der Waals surface area contributed by atoms with Crippen molar-refractivity contribution in [1.82, 2.24) is 47.0 Å². The fraction of sp³-hybridized carbons (Fsp3) is 0.289. The first kappa shape index (κ1) is 31.5. The molecular weight excluding hydrogens is 628 g/mol. The number of carbonyl (C=O) groups is 2. The van der Waals surface area contributed by atoms with Crippen molar-refractivity contribution < 1.29 is 9.59 Å². The molecule has 3 aliphatic carbocycles. The maximum absolute atomic E-state index is 14.2. The molecule has 4 aromatic rings. The average molecular weight is 669 g/mol. The smallest absolute Gasteiger partial charge is 0.270 e. The number of aromatic nitrogens is 3. The van der Waals surface area contributed by atoms with E-state index in [0.29, 0.717) is 35.0 Å².